The number of Topliss-reactive ketones (excluding diaryl/α,β-unsaturated/α-hetero) is 1. The second-order valence-corrected chi connectivity index (χ2v) is 9.57. The molecule has 124 valence electrons. The fourth-order valence-corrected chi connectivity index (χ4v) is 7.38. The first-order valence-electron chi connectivity index (χ1n) is 9.57. The summed E-state index contributed by atoms with van der Waals surface area (Å²) in [6.07, 6.45) is 9.16. The zero-order valence-corrected chi connectivity index (χ0v) is 14.5. The third-order valence-corrected chi connectivity index (χ3v) is 8.76. The van der Waals surface area contributed by atoms with Crippen LogP contribution in [0.3, 0.4) is 0 Å². The average molecular weight is 304 g/mol. The summed E-state index contributed by atoms with van der Waals surface area (Å²) >= 11 is 0. The van der Waals surface area contributed by atoms with Gasteiger partial charge in [-0.3, -0.25) is 4.79 Å². The largest absolute Gasteiger partial charge is 0.393 e. The van der Waals surface area contributed by atoms with Crippen LogP contribution in [0.25, 0.3) is 0 Å². The van der Waals surface area contributed by atoms with Crippen molar-refractivity contribution in [2.24, 2.45) is 40.4 Å². The van der Waals surface area contributed by atoms with Gasteiger partial charge in [0, 0.05) is 12.3 Å². The second kappa shape index (κ2) is 4.82. The highest BCUT2D eigenvalue weighted by Crippen LogP contribution is 2.66. The third-order valence-electron chi connectivity index (χ3n) is 8.76. The van der Waals surface area contributed by atoms with Crippen molar-refractivity contribution in [2.75, 3.05) is 0 Å². The van der Waals surface area contributed by atoms with Gasteiger partial charge in [0.05, 0.1) is 6.10 Å². The van der Waals surface area contributed by atoms with Gasteiger partial charge >= 0.3 is 0 Å². The van der Waals surface area contributed by atoms with E-state index >= 15 is 0 Å². The topological polar surface area (TPSA) is 37.3 Å². The van der Waals surface area contributed by atoms with E-state index in [1.807, 2.05) is 0 Å². The van der Waals surface area contributed by atoms with Gasteiger partial charge in [-0.2, -0.15) is 0 Å². The first-order valence-corrected chi connectivity index (χ1v) is 9.57. The highest BCUT2D eigenvalue weighted by atomic mass is 16.3. The first kappa shape index (κ1) is 15.2. The molecular formula is C20H32O2. The van der Waals surface area contributed by atoms with Crippen LogP contribution < -0.4 is 0 Å². The van der Waals surface area contributed by atoms with Gasteiger partial charge in [0.25, 0.3) is 0 Å². The molecule has 0 heterocycles. The molecule has 4 saturated carbocycles. The Morgan fingerprint density at radius 1 is 1.00 bits per heavy atom. The summed E-state index contributed by atoms with van der Waals surface area (Å²) in [6, 6.07) is 0. The summed E-state index contributed by atoms with van der Waals surface area (Å²) < 4.78 is 0. The van der Waals surface area contributed by atoms with Crippen molar-refractivity contribution in [3.05, 3.63) is 0 Å². The molecule has 4 fully saturated rings. The van der Waals surface area contributed by atoms with E-state index in [0.717, 1.165) is 37.0 Å². The molecule has 2 heteroatoms. The molecule has 4 aliphatic rings. The van der Waals surface area contributed by atoms with Gasteiger partial charge in [-0.05, 0) is 79.4 Å². The fourth-order valence-electron chi connectivity index (χ4n) is 7.38. The summed E-state index contributed by atoms with van der Waals surface area (Å²) in [6.45, 7) is 7.01. The number of carbonyl (C=O) groups excluding carboxylic acids is 1. The first-order chi connectivity index (χ1) is 10.4. The molecular weight excluding hydrogens is 272 g/mol. The lowest BCUT2D eigenvalue weighted by Gasteiger charge is -2.60. The van der Waals surface area contributed by atoms with Crippen molar-refractivity contribution in [3.8, 4) is 0 Å². The van der Waals surface area contributed by atoms with E-state index in [1.54, 1.807) is 0 Å². The summed E-state index contributed by atoms with van der Waals surface area (Å²) in [5.74, 6) is 3.74. The van der Waals surface area contributed by atoms with Crippen LogP contribution in [-0.2, 0) is 4.79 Å². The average Bonchev–Trinajstić information content (AvgIpc) is 2.77. The molecule has 22 heavy (non-hydrogen) atoms. The Labute approximate surface area is 135 Å². The van der Waals surface area contributed by atoms with E-state index in [1.165, 1.54) is 32.1 Å². The minimum absolute atomic E-state index is 0.0733. The maximum Gasteiger partial charge on any atom is 0.136 e. The molecule has 0 amide bonds. The Balaban J connectivity index is 1.65. The maximum absolute atomic E-state index is 12.2. The van der Waals surface area contributed by atoms with Crippen LogP contribution in [0, 0.1) is 40.4 Å². The van der Waals surface area contributed by atoms with Crippen LogP contribution in [0.1, 0.15) is 72.1 Å². The van der Waals surface area contributed by atoms with Crippen molar-refractivity contribution in [3.63, 3.8) is 0 Å². The highest BCUT2D eigenvalue weighted by molar-refractivity contribution is 5.82. The normalized spacial score (nSPS) is 57.9. The Morgan fingerprint density at radius 2 is 1.73 bits per heavy atom. The number of ketones is 1. The van der Waals surface area contributed by atoms with E-state index in [9.17, 15) is 9.90 Å². The minimum Gasteiger partial charge on any atom is -0.393 e. The van der Waals surface area contributed by atoms with Crippen LogP contribution in [-0.4, -0.2) is 17.0 Å². The fraction of sp³-hybridized carbons (Fsp3) is 0.950. The quantitative estimate of drug-likeness (QED) is 0.728. The lowest BCUT2D eigenvalue weighted by molar-refractivity contribution is -0.148. The number of rotatable bonds is 0. The van der Waals surface area contributed by atoms with Crippen molar-refractivity contribution < 1.29 is 9.90 Å². The molecule has 4 rings (SSSR count). The van der Waals surface area contributed by atoms with Gasteiger partial charge in [-0.15, -0.1) is 0 Å². The monoisotopic (exact) mass is 304 g/mol. The predicted molar refractivity (Wildman–Crippen MR) is 87.3 cm³/mol. The van der Waals surface area contributed by atoms with Gasteiger partial charge in [0.2, 0.25) is 0 Å². The number of aliphatic hydroxyl groups is 1. The van der Waals surface area contributed by atoms with E-state index in [-0.39, 0.29) is 17.4 Å². The second-order valence-electron chi connectivity index (χ2n) is 9.57. The van der Waals surface area contributed by atoms with Gasteiger partial charge in [-0.25, -0.2) is 0 Å². The summed E-state index contributed by atoms with van der Waals surface area (Å²) in [5, 5.41) is 10.5. The number of hydrogen-bond donors (Lipinski definition) is 1. The van der Waals surface area contributed by atoms with E-state index < -0.39 is 0 Å². The van der Waals surface area contributed by atoms with E-state index in [4.69, 9.17) is 0 Å². The van der Waals surface area contributed by atoms with Gasteiger partial charge in [-0.1, -0.05) is 20.8 Å². The molecule has 0 spiro atoms. The zero-order chi connectivity index (χ0) is 15.7. The predicted octanol–water partition coefficient (Wildman–Crippen LogP) is 4.21. The number of fused-ring (bicyclic) bond motifs is 5. The lowest BCUT2D eigenvalue weighted by atomic mass is 9.44. The zero-order valence-electron chi connectivity index (χ0n) is 14.5. The van der Waals surface area contributed by atoms with E-state index in [0.29, 0.717) is 17.1 Å². The Kier molecular flexibility index (Phi) is 3.32. The molecule has 0 bridgehead atoms. The number of hydrogen-bond acceptors (Lipinski definition) is 2. The molecule has 2 nitrogen and oxygen atoms in total. The Bertz CT molecular complexity index is 486. The molecule has 0 radical (unpaired) electrons. The lowest BCUT2D eigenvalue weighted by Crippen LogP contribution is -2.55. The summed E-state index contributed by atoms with van der Waals surface area (Å²) in [7, 11) is 0. The van der Waals surface area contributed by atoms with Gasteiger partial charge in [0.1, 0.15) is 5.78 Å². The summed E-state index contributed by atoms with van der Waals surface area (Å²) in [4.78, 5) is 12.2. The van der Waals surface area contributed by atoms with Crippen molar-refractivity contribution in [1.82, 2.24) is 0 Å². The van der Waals surface area contributed by atoms with Crippen LogP contribution >= 0.6 is 0 Å². The Hall–Kier alpha value is -0.370. The number of aliphatic hydroxyl groups excluding tert-OH is 1. The molecule has 8 atom stereocenters. The smallest absolute Gasteiger partial charge is 0.136 e. The molecule has 3 unspecified atom stereocenters. The molecule has 1 N–H and O–H groups in total. The molecule has 0 aliphatic heterocycles. The summed E-state index contributed by atoms with van der Waals surface area (Å²) in [5.41, 5.74) is 0.561. The van der Waals surface area contributed by atoms with Crippen molar-refractivity contribution in [2.45, 2.75) is 78.2 Å². The molecule has 4 aliphatic carbocycles. The third kappa shape index (κ3) is 1.85. The molecule has 0 saturated heterocycles. The van der Waals surface area contributed by atoms with Crippen LogP contribution in [0.2, 0.25) is 0 Å². The van der Waals surface area contributed by atoms with Gasteiger partial charge < -0.3 is 5.11 Å². The van der Waals surface area contributed by atoms with Crippen molar-refractivity contribution in [1.29, 1.82) is 0 Å². The Morgan fingerprint density at radius 3 is 2.50 bits per heavy atom. The van der Waals surface area contributed by atoms with Crippen LogP contribution in [0.4, 0.5) is 0 Å². The standard InChI is InChI=1S/C20H32O2/c1-12-11-20(3)13(10-17(12)21)4-5-14-15-6-7-18(22)19(15,2)9-8-16(14)20/h12-16,18,22H,4-11H2,1-3H3/t12-,13?,14-,15?,16?,18-,19-,20-/m0/s1. The highest BCUT2D eigenvalue weighted by Gasteiger charge is 2.60. The number of carbonyl (C=O) groups is 1. The molecule has 0 aromatic carbocycles. The van der Waals surface area contributed by atoms with Crippen LogP contribution in [0.5, 0.6) is 0 Å². The molecule has 0 aromatic heterocycles. The molecule has 0 aromatic rings. The SMILES string of the molecule is C[C@H]1C[C@@]2(C)C(CC[C@@H]3C2CC[C@@]2(C)C3CC[C@@H]2O)CC1=O. The maximum atomic E-state index is 12.2. The van der Waals surface area contributed by atoms with Crippen molar-refractivity contribution >= 4 is 5.78 Å². The van der Waals surface area contributed by atoms with E-state index in [2.05, 4.69) is 20.8 Å². The van der Waals surface area contributed by atoms with Crippen LogP contribution in [0.15, 0.2) is 0 Å². The minimum atomic E-state index is -0.0733. The van der Waals surface area contributed by atoms with Gasteiger partial charge in [0.15, 0.2) is 0 Å².